The van der Waals surface area contributed by atoms with Gasteiger partial charge in [0.25, 0.3) is 0 Å². The quantitative estimate of drug-likeness (QED) is 0.723. The van der Waals surface area contributed by atoms with Gasteiger partial charge in [-0.1, -0.05) is 13.8 Å². The lowest BCUT2D eigenvalue weighted by Crippen LogP contribution is -2.48. The van der Waals surface area contributed by atoms with Crippen molar-refractivity contribution in [3.05, 3.63) is 0 Å². The molecule has 2 heterocycles. The zero-order chi connectivity index (χ0) is 10.0. The maximum absolute atomic E-state index is 3.36. The molecule has 2 aliphatic rings. The number of rotatable bonds is 2. The zero-order valence-corrected chi connectivity index (χ0v) is 9.68. The zero-order valence-electron chi connectivity index (χ0n) is 9.68. The standard InChI is InChI=1S/C12H24N2/c1-12(2)4-3-6-14(7-5-12)10-11-8-13-9-11/h11,13H,3-10H2,1-2H3. The summed E-state index contributed by atoms with van der Waals surface area (Å²) in [6.45, 7) is 11.3. The van der Waals surface area contributed by atoms with Gasteiger partial charge in [0.1, 0.15) is 0 Å². The molecule has 0 saturated carbocycles. The molecule has 1 N–H and O–H groups in total. The number of hydrogen-bond donors (Lipinski definition) is 1. The normalized spacial score (nSPS) is 29.6. The second kappa shape index (κ2) is 4.19. The minimum absolute atomic E-state index is 0.590. The highest BCUT2D eigenvalue weighted by molar-refractivity contribution is 4.81. The Hall–Kier alpha value is -0.0800. The Kier molecular flexibility index (Phi) is 3.13. The lowest BCUT2D eigenvalue weighted by Gasteiger charge is -2.32. The third kappa shape index (κ3) is 2.71. The first-order valence-electron chi connectivity index (χ1n) is 6.09. The molecule has 0 aromatic heterocycles. The van der Waals surface area contributed by atoms with Crippen LogP contribution in [0.1, 0.15) is 33.1 Å². The largest absolute Gasteiger partial charge is 0.316 e. The van der Waals surface area contributed by atoms with Crippen LogP contribution in [0.15, 0.2) is 0 Å². The molecule has 0 unspecified atom stereocenters. The monoisotopic (exact) mass is 196 g/mol. The Labute approximate surface area is 88.1 Å². The SMILES string of the molecule is CC1(C)CCCN(CC2CNC2)CC1. The lowest BCUT2D eigenvalue weighted by molar-refractivity contribution is 0.192. The van der Waals surface area contributed by atoms with Crippen molar-refractivity contribution in [3.8, 4) is 0 Å². The fourth-order valence-corrected chi connectivity index (χ4v) is 2.50. The molecule has 2 rings (SSSR count). The lowest BCUT2D eigenvalue weighted by atomic mass is 9.85. The van der Waals surface area contributed by atoms with Crippen LogP contribution in [0.5, 0.6) is 0 Å². The summed E-state index contributed by atoms with van der Waals surface area (Å²) in [6, 6.07) is 0. The highest BCUT2D eigenvalue weighted by atomic mass is 15.1. The molecule has 0 aromatic carbocycles. The van der Waals surface area contributed by atoms with Crippen molar-refractivity contribution in [1.82, 2.24) is 10.2 Å². The maximum Gasteiger partial charge on any atom is 0.00340 e. The topological polar surface area (TPSA) is 15.3 Å². The Morgan fingerprint density at radius 2 is 2.00 bits per heavy atom. The van der Waals surface area contributed by atoms with E-state index in [2.05, 4.69) is 24.1 Å². The molecule has 2 saturated heterocycles. The van der Waals surface area contributed by atoms with Gasteiger partial charge in [0, 0.05) is 19.6 Å². The minimum Gasteiger partial charge on any atom is -0.316 e. The molecule has 0 aliphatic carbocycles. The van der Waals surface area contributed by atoms with E-state index >= 15 is 0 Å². The van der Waals surface area contributed by atoms with Gasteiger partial charge in [-0.2, -0.15) is 0 Å². The van der Waals surface area contributed by atoms with Crippen molar-refractivity contribution in [2.45, 2.75) is 33.1 Å². The van der Waals surface area contributed by atoms with E-state index < -0.39 is 0 Å². The first-order chi connectivity index (χ1) is 6.66. The smallest absolute Gasteiger partial charge is 0.00340 e. The molecule has 0 aromatic rings. The van der Waals surface area contributed by atoms with E-state index in [0.717, 1.165) is 5.92 Å². The molecule has 82 valence electrons. The molecule has 0 atom stereocenters. The summed E-state index contributed by atoms with van der Waals surface area (Å²) in [4.78, 5) is 2.68. The third-order valence-corrected chi connectivity index (χ3v) is 3.82. The number of nitrogens with zero attached hydrogens (tertiary/aromatic N) is 1. The first kappa shape index (κ1) is 10.4. The predicted molar refractivity (Wildman–Crippen MR) is 60.4 cm³/mol. The highest BCUT2D eigenvalue weighted by Gasteiger charge is 2.25. The average Bonchev–Trinajstić information content (AvgIpc) is 2.20. The van der Waals surface area contributed by atoms with Crippen molar-refractivity contribution in [3.63, 3.8) is 0 Å². The second-order valence-corrected chi connectivity index (χ2v) is 5.84. The van der Waals surface area contributed by atoms with Crippen molar-refractivity contribution < 1.29 is 0 Å². The first-order valence-corrected chi connectivity index (χ1v) is 6.09. The molecule has 0 spiro atoms. The van der Waals surface area contributed by atoms with Crippen molar-refractivity contribution in [2.75, 3.05) is 32.7 Å². The van der Waals surface area contributed by atoms with Gasteiger partial charge in [0.05, 0.1) is 0 Å². The number of hydrogen-bond acceptors (Lipinski definition) is 2. The predicted octanol–water partition coefficient (Wildman–Crippen LogP) is 1.72. The summed E-state index contributed by atoms with van der Waals surface area (Å²) in [5, 5.41) is 3.36. The maximum atomic E-state index is 3.36. The fourth-order valence-electron chi connectivity index (χ4n) is 2.50. The Morgan fingerprint density at radius 3 is 2.64 bits per heavy atom. The van der Waals surface area contributed by atoms with Crippen LogP contribution in [0, 0.1) is 11.3 Å². The van der Waals surface area contributed by atoms with E-state index in [4.69, 9.17) is 0 Å². The Morgan fingerprint density at radius 1 is 1.21 bits per heavy atom. The van der Waals surface area contributed by atoms with Gasteiger partial charge in [-0.25, -0.2) is 0 Å². The van der Waals surface area contributed by atoms with Crippen molar-refractivity contribution >= 4 is 0 Å². The van der Waals surface area contributed by atoms with Crippen LogP contribution in [0.4, 0.5) is 0 Å². The van der Waals surface area contributed by atoms with Gasteiger partial charge >= 0.3 is 0 Å². The summed E-state index contributed by atoms with van der Waals surface area (Å²) in [5.41, 5.74) is 0.590. The van der Waals surface area contributed by atoms with E-state index in [0.29, 0.717) is 5.41 Å². The van der Waals surface area contributed by atoms with E-state index in [1.54, 1.807) is 0 Å². The van der Waals surface area contributed by atoms with E-state index in [9.17, 15) is 0 Å². The minimum atomic E-state index is 0.590. The van der Waals surface area contributed by atoms with E-state index in [1.165, 1.54) is 52.0 Å². The van der Waals surface area contributed by atoms with Crippen LogP contribution in [0.2, 0.25) is 0 Å². The molecular formula is C12H24N2. The van der Waals surface area contributed by atoms with Gasteiger partial charge in [-0.05, 0) is 43.7 Å². The second-order valence-electron chi connectivity index (χ2n) is 5.84. The molecule has 2 fully saturated rings. The summed E-state index contributed by atoms with van der Waals surface area (Å²) in [6.07, 6.45) is 4.19. The molecule has 2 heteroatoms. The van der Waals surface area contributed by atoms with Gasteiger partial charge in [0.2, 0.25) is 0 Å². The van der Waals surface area contributed by atoms with Crippen LogP contribution in [-0.4, -0.2) is 37.6 Å². The molecule has 0 radical (unpaired) electrons. The van der Waals surface area contributed by atoms with Crippen LogP contribution in [0.3, 0.4) is 0 Å². The Balaban J connectivity index is 1.76. The Bertz CT molecular complexity index is 185. The van der Waals surface area contributed by atoms with Gasteiger partial charge in [-0.15, -0.1) is 0 Å². The number of likely N-dealkylation sites (tertiary alicyclic amines) is 1. The molecule has 2 nitrogen and oxygen atoms in total. The fraction of sp³-hybridized carbons (Fsp3) is 1.00. The molecule has 0 bridgehead atoms. The third-order valence-electron chi connectivity index (χ3n) is 3.82. The van der Waals surface area contributed by atoms with Gasteiger partial charge < -0.3 is 10.2 Å². The van der Waals surface area contributed by atoms with Crippen molar-refractivity contribution in [2.24, 2.45) is 11.3 Å². The van der Waals surface area contributed by atoms with Crippen LogP contribution < -0.4 is 5.32 Å². The molecule has 2 aliphatic heterocycles. The summed E-state index contributed by atoms with van der Waals surface area (Å²) < 4.78 is 0. The summed E-state index contributed by atoms with van der Waals surface area (Å²) in [5.74, 6) is 0.941. The van der Waals surface area contributed by atoms with Crippen LogP contribution in [-0.2, 0) is 0 Å². The average molecular weight is 196 g/mol. The summed E-state index contributed by atoms with van der Waals surface area (Å²) in [7, 11) is 0. The number of nitrogens with one attached hydrogen (secondary N) is 1. The molecular weight excluding hydrogens is 172 g/mol. The highest BCUT2D eigenvalue weighted by Crippen LogP contribution is 2.30. The van der Waals surface area contributed by atoms with Crippen molar-refractivity contribution in [1.29, 1.82) is 0 Å². The molecule has 0 amide bonds. The van der Waals surface area contributed by atoms with Crippen LogP contribution >= 0.6 is 0 Å². The molecule has 14 heavy (non-hydrogen) atoms. The van der Waals surface area contributed by atoms with Gasteiger partial charge in [-0.3, -0.25) is 0 Å². The van der Waals surface area contributed by atoms with E-state index in [-0.39, 0.29) is 0 Å². The summed E-state index contributed by atoms with van der Waals surface area (Å²) >= 11 is 0. The van der Waals surface area contributed by atoms with Crippen LogP contribution in [0.25, 0.3) is 0 Å². The van der Waals surface area contributed by atoms with Gasteiger partial charge in [0.15, 0.2) is 0 Å². The van der Waals surface area contributed by atoms with E-state index in [1.807, 2.05) is 0 Å².